The van der Waals surface area contributed by atoms with Gasteiger partial charge < -0.3 is 13.7 Å². The van der Waals surface area contributed by atoms with Crippen LogP contribution in [0, 0.1) is 0 Å². The molecule has 0 aliphatic rings. The van der Waals surface area contributed by atoms with Crippen molar-refractivity contribution in [3.8, 4) is 39.3 Å². The predicted molar refractivity (Wildman–Crippen MR) is 240 cm³/mol. The van der Waals surface area contributed by atoms with E-state index >= 15 is 0 Å². The van der Waals surface area contributed by atoms with Crippen molar-refractivity contribution in [2.45, 2.75) is 0 Å². The Hall–Kier alpha value is -7.62. The molecule has 0 N–H and O–H groups in total. The minimum atomic E-state index is 1.15. The summed E-state index contributed by atoms with van der Waals surface area (Å²) in [6.45, 7) is 0. The molecule has 0 aliphatic carbocycles. The molecule has 3 aromatic heterocycles. The van der Waals surface area contributed by atoms with E-state index in [9.17, 15) is 0 Å². The maximum atomic E-state index is 2.47. The Kier molecular flexibility index (Phi) is 6.93. The van der Waals surface area contributed by atoms with E-state index in [0.717, 1.165) is 17.1 Å². The van der Waals surface area contributed by atoms with Crippen LogP contribution in [0.2, 0.25) is 0 Å². The lowest BCUT2D eigenvalue weighted by molar-refractivity contribution is 1.17. The number of nitrogens with zero attached hydrogens (tertiary/aromatic N) is 3. The molecule has 0 saturated heterocycles. The average molecular weight is 726 g/mol. The molecular formula is C54H35N3. The third-order valence-corrected chi connectivity index (χ3v) is 11.8. The summed E-state index contributed by atoms with van der Waals surface area (Å²) >= 11 is 0. The Balaban J connectivity index is 1.09. The second kappa shape index (κ2) is 12.5. The first-order chi connectivity index (χ1) is 28.3. The van der Waals surface area contributed by atoms with Crippen molar-refractivity contribution in [3.63, 3.8) is 0 Å². The van der Waals surface area contributed by atoms with Crippen molar-refractivity contribution in [2.75, 3.05) is 0 Å². The number of aromatic nitrogens is 3. The lowest BCUT2D eigenvalue weighted by atomic mass is 10.00. The lowest BCUT2D eigenvalue weighted by Gasteiger charge is -2.11. The summed E-state index contributed by atoms with van der Waals surface area (Å²) < 4.78 is 7.29. The quantitative estimate of drug-likeness (QED) is 0.168. The van der Waals surface area contributed by atoms with Gasteiger partial charge in [-0.3, -0.25) is 0 Å². The standard InChI is InChI=1S/C54H35N3/c1-4-15-36(16-5-1)37-17-14-22-42(33-37)56-48-25-12-10-23-43(48)46-34-38(27-30-50(46)56)39-28-31-51-47(35-39)44-29-32-52-53(54(44)57(51)41-20-8-3-9-21-41)45-24-11-13-26-49(45)55(52)40-18-6-2-7-19-40/h1-35H. The van der Waals surface area contributed by atoms with Crippen LogP contribution in [0.4, 0.5) is 0 Å². The molecule has 0 atom stereocenters. The molecule has 0 fully saturated rings. The zero-order valence-electron chi connectivity index (χ0n) is 31.0. The summed E-state index contributed by atoms with van der Waals surface area (Å²) in [6.07, 6.45) is 0. The zero-order valence-corrected chi connectivity index (χ0v) is 31.0. The first kappa shape index (κ1) is 31.7. The molecule has 0 amide bonds. The molecule has 3 heteroatoms. The highest BCUT2D eigenvalue weighted by atomic mass is 15.0. The van der Waals surface area contributed by atoms with Gasteiger partial charge in [0.15, 0.2) is 0 Å². The number of benzene rings is 9. The number of para-hydroxylation sites is 4. The number of hydrogen-bond acceptors (Lipinski definition) is 0. The molecule has 3 heterocycles. The van der Waals surface area contributed by atoms with E-state index in [0.29, 0.717) is 0 Å². The van der Waals surface area contributed by atoms with Crippen LogP contribution >= 0.6 is 0 Å². The summed E-state index contributed by atoms with van der Waals surface area (Å²) in [5.74, 6) is 0. The smallest absolute Gasteiger partial charge is 0.0641 e. The van der Waals surface area contributed by atoms with Crippen molar-refractivity contribution in [1.29, 1.82) is 0 Å². The van der Waals surface area contributed by atoms with Gasteiger partial charge in [0.2, 0.25) is 0 Å². The molecule has 3 nitrogen and oxygen atoms in total. The second-order valence-corrected chi connectivity index (χ2v) is 14.9. The van der Waals surface area contributed by atoms with E-state index < -0.39 is 0 Å². The first-order valence-corrected chi connectivity index (χ1v) is 19.6. The number of hydrogen-bond donors (Lipinski definition) is 0. The fraction of sp³-hybridized carbons (Fsp3) is 0. The van der Waals surface area contributed by atoms with Gasteiger partial charge in [0, 0.05) is 49.4 Å². The summed E-state index contributed by atoms with van der Waals surface area (Å²) in [4.78, 5) is 0. The second-order valence-electron chi connectivity index (χ2n) is 14.9. The normalized spacial score (nSPS) is 11.9. The van der Waals surface area contributed by atoms with Gasteiger partial charge in [0.1, 0.15) is 0 Å². The Bertz CT molecular complexity index is 3500. The number of rotatable bonds is 5. The van der Waals surface area contributed by atoms with Gasteiger partial charge in [-0.15, -0.1) is 0 Å². The van der Waals surface area contributed by atoms with Gasteiger partial charge in [-0.1, -0.05) is 133 Å². The van der Waals surface area contributed by atoms with E-state index in [1.807, 2.05) is 0 Å². The molecule has 12 rings (SSSR count). The third kappa shape index (κ3) is 4.79. The minimum absolute atomic E-state index is 1.15. The van der Waals surface area contributed by atoms with E-state index in [1.165, 1.54) is 87.7 Å². The molecule has 0 radical (unpaired) electrons. The zero-order chi connectivity index (χ0) is 37.5. The summed E-state index contributed by atoms with van der Waals surface area (Å²) in [7, 11) is 0. The molecule has 0 aliphatic heterocycles. The fourth-order valence-corrected chi connectivity index (χ4v) is 9.32. The van der Waals surface area contributed by atoms with Crippen LogP contribution in [0.15, 0.2) is 212 Å². The van der Waals surface area contributed by atoms with E-state index in [-0.39, 0.29) is 0 Å². The molecule has 0 bridgehead atoms. The van der Waals surface area contributed by atoms with Gasteiger partial charge in [0.05, 0.1) is 33.1 Å². The van der Waals surface area contributed by atoms with Crippen molar-refractivity contribution in [1.82, 2.24) is 13.7 Å². The monoisotopic (exact) mass is 725 g/mol. The van der Waals surface area contributed by atoms with Crippen molar-refractivity contribution in [3.05, 3.63) is 212 Å². The summed E-state index contributed by atoms with van der Waals surface area (Å²) in [5.41, 5.74) is 15.5. The van der Waals surface area contributed by atoms with Crippen LogP contribution in [-0.2, 0) is 0 Å². The van der Waals surface area contributed by atoms with Gasteiger partial charge in [0.25, 0.3) is 0 Å². The summed E-state index contributed by atoms with van der Waals surface area (Å²) in [6, 6.07) is 77.4. The van der Waals surface area contributed by atoms with Gasteiger partial charge in [-0.05, 0) is 101 Å². The first-order valence-electron chi connectivity index (χ1n) is 19.6. The molecule has 12 aromatic rings. The molecular weight excluding hydrogens is 691 g/mol. The topological polar surface area (TPSA) is 14.8 Å². The van der Waals surface area contributed by atoms with Gasteiger partial charge in [-0.25, -0.2) is 0 Å². The van der Waals surface area contributed by atoms with Crippen LogP contribution in [0.3, 0.4) is 0 Å². The SMILES string of the molecule is c1ccc(-c2cccc(-n3c4ccccc4c4cc(-c5ccc6c(c5)c5ccc7c(c8ccccc8n7-c7ccccc7)c5n6-c5ccccc5)ccc43)c2)cc1. The predicted octanol–water partition coefficient (Wildman–Crippen LogP) is 14.3. The highest BCUT2D eigenvalue weighted by Gasteiger charge is 2.21. The van der Waals surface area contributed by atoms with Gasteiger partial charge in [-0.2, -0.15) is 0 Å². The Labute approximate surface area is 329 Å². The largest absolute Gasteiger partial charge is 0.309 e. The molecule has 266 valence electrons. The molecule has 57 heavy (non-hydrogen) atoms. The average Bonchev–Trinajstić information content (AvgIpc) is 3.92. The van der Waals surface area contributed by atoms with Crippen LogP contribution in [-0.4, -0.2) is 13.7 Å². The van der Waals surface area contributed by atoms with Crippen molar-refractivity contribution >= 4 is 65.4 Å². The number of fused-ring (bicyclic) bond motifs is 10. The van der Waals surface area contributed by atoms with E-state index in [2.05, 4.69) is 226 Å². The van der Waals surface area contributed by atoms with Crippen LogP contribution in [0.1, 0.15) is 0 Å². The minimum Gasteiger partial charge on any atom is -0.309 e. The maximum absolute atomic E-state index is 2.47. The lowest BCUT2D eigenvalue weighted by Crippen LogP contribution is -1.95. The molecule has 9 aromatic carbocycles. The Morgan fingerprint density at radius 2 is 0.684 bits per heavy atom. The third-order valence-electron chi connectivity index (χ3n) is 11.8. The fourth-order valence-electron chi connectivity index (χ4n) is 9.32. The van der Waals surface area contributed by atoms with E-state index in [1.54, 1.807) is 0 Å². The summed E-state index contributed by atoms with van der Waals surface area (Å²) in [5, 5.41) is 7.49. The highest BCUT2D eigenvalue weighted by molar-refractivity contribution is 6.26. The van der Waals surface area contributed by atoms with Crippen LogP contribution in [0.5, 0.6) is 0 Å². The van der Waals surface area contributed by atoms with Gasteiger partial charge >= 0.3 is 0 Å². The molecule has 0 saturated carbocycles. The maximum Gasteiger partial charge on any atom is 0.0641 e. The van der Waals surface area contributed by atoms with Crippen molar-refractivity contribution in [2.24, 2.45) is 0 Å². The van der Waals surface area contributed by atoms with E-state index in [4.69, 9.17) is 0 Å². The molecule has 0 unspecified atom stereocenters. The molecule has 0 spiro atoms. The Morgan fingerprint density at radius 3 is 1.39 bits per heavy atom. The van der Waals surface area contributed by atoms with Crippen molar-refractivity contribution < 1.29 is 0 Å². The van der Waals surface area contributed by atoms with Crippen LogP contribution in [0.25, 0.3) is 105 Å². The van der Waals surface area contributed by atoms with Crippen LogP contribution < -0.4 is 0 Å². The Morgan fingerprint density at radius 1 is 0.228 bits per heavy atom. The highest BCUT2D eigenvalue weighted by Crippen LogP contribution is 2.43.